The third-order valence-corrected chi connectivity index (χ3v) is 3.80. The summed E-state index contributed by atoms with van der Waals surface area (Å²) in [4.78, 5) is 25.7. The second-order valence-electron chi connectivity index (χ2n) is 5.02. The molecule has 0 aromatic rings. The van der Waals surface area contributed by atoms with Crippen molar-refractivity contribution < 1.29 is 24.5 Å². The van der Waals surface area contributed by atoms with E-state index >= 15 is 0 Å². The van der Waals surface area contributed by atoms with E-state index < -0.39 is 30.6 Å². The van der Waals surface area contributed by atoms with Crippen LogP contribution in [0.25, 0.3) is 0 Å². The Morgan fingerprint density at radius 1 is 1.59 bits per heavy atom. The lowest BCUT2D eigenvalue weighted by atomic mass is 10.1. The first-order chi connectivity index (χ1) is 10.6. The van der Waals surface area contributed by atoms with E-state index in [4.69, 9.17) is 9.47 Å². The van der Waals surface area contributed by atoms with Crippen molar-refractivity contribution in [1.29, 1.82) is 0 Å². The molecular formula is C12H17N5O5. The number of guanidine groups is 1. The van der Waals surface area contributed by atoms with Gasteiger partial charge in [0.25, 0.3) is 5.91 Å². The molecule has 1 amide bonds. The van der Waals surface area contributed by atoms with Crippen molar-refractivity contribution in [2.24, 2.45) is 15.0 Å². The van der Waals surface area contributed by atoms with E-state index in [2.05, 4.69) is 20.3 Å². The van der Waals surface area contributed by atoms with Crippen molar-refractivity contribution >= 4 is 24.0 Å². The van der Waals surface area contributed by atoms with Gasteiger partial charge in [-0.15, -0.1) is 0 Å². The van der Waals surface area contributed by atoms with Crippen molar-refractivity contribution in [3.8, 4) is 0 Å². The number of aliphatic hydroxyl groups is 2. The summed E-state index contributed by atoms with van der Waals surface area (Å²) in [5.74, 6) is 0.190. The van der Waals surface area contributed by atoms with E-state index in [-0.39, 0.29) is 18.5 Å². The monoisotopic (exact) mass is 311 g/mol. The molecule has 0 aliphatic carbocycles. The molecule has 0 saturated carbocycles. The molecule has 3 aliphatic rings. The van der Waals surface area contributed by atoms with Crippen molar-refractivity contribution in [3.05, 3.63) is 0 Å². The zero-order valence-electron chi connectivity index (χ0n) is 12.1. The molecule has 120 valence electrons. The van der Waals surface area contributed by atoms with Crippen LogP contribution in [-0.4, -0.2) is 90.5 Å². The number of amides is 1. The first-order valence-corrected chi connectivity index (χ1v) is 6.75. The van der Waals surface area contributed by atoms with E-state index in [1.54, 1.807) is 0 Å². The smallest absolute Gasteiger partial charge is 0.259 e. The summed E-state index contributed by atoms with van der Waals surface area (Å²) in [5, 5.41) is 21.9. The van der Waals surface area contributed by atoms with Gasteiger partial charge in [0.05, 0.1) is 12.9 Å². The Labute approximate surface area is 126 Å². The molecule has 0 aromatic carbocycles. The summed E-state index contributed by atoms with van der Waals surface area (Å²) < 4.78 is 10.9. The second kappa shape index (κ2) is 5.72. The fourth-order valence-corrected chi connectivity index (χ4v) is 2.67. The van der Waals surface area contributed by atoms with Crippen LogP contribution >= 0.6 is 0 Å². The molecule has 0 radical (unpaired) electrons. The Morgan fingerprint density at radius 2 is 2.36 bits per heavy atom. The van der Waals surface area contributed by atoms with E-state index in [1.165, 1.54) is 25.4 Å². The van der Waals surface area contributed by atoms with E-state index in [1.807, 2.05) is 0 Å². The minimum absolute atomic E-state index is 0.179. The maximum absolute atomic E-state index is 12.0. The third kappa shape index (κ3) is 2.20. The lowest BCUT2D eigenvalue weighted by Crippen LogP contribution is -2.53. The summed E-state index contributed by atoms with van der Waals surface area (Å²) in [6.07, 6.45) is -1.81. The van der Waals surface area contributed by atoms with Gasteiger partial charge in [0.15, 0.2) is 18.1 Å². The average molecular weight is 311 g/mol. The van der Waals surface area contributed by atoms with Gasteiger partial charge in [-0.1, -0.05) is 0 Å². The lowest BCUT2D eigenvalue weighted by Gasteiger charge is -2.29. The van der Waals surface area contributed by atoms with Crippen molar-refractivity contribution in [1.82, 2.24) is 10.2 Å². The van der Waals surface area contributed by atoms with Crippen LogP contribution in [0.15, 0.2) is 15.0 Å². The van der Waals surface area contributed by atoms with Crippen LogP contribution in [0.2, 0.25) is 0 Å². The number of carbonyl (C=O) groups excluding carboxylic acids is 1. The number of ether oxygens (including phenoxy) is 2. The summed E-state index contributed by atoms with van der Waals surface area (Å²) >= 11 is 0. The second-order valence-corrected chi connectivity index (χ2v) is 5.02. The number of fused-ring (bicyclic) bond motifs is 1. The molecule has 3 rings (SSSR count). The van der Waals surface area contributed by atoms with Crippen LogP contribution in [0, 0.1) is 0 Å². The highest BCUT2D eigenvalue weighted by atomic mass is 16.6. The molecule has 10 heteroatoms. The largest absolute Gasteiger partial charge is 0.394 e. The predicted octanol–water partition coefficient (Wildman–Crippen LogP) is -2.69. The number of carbonyl (C=O) groups is 1. The Balaban J connectivity index is 1.91. The van der Waals surface area contributed by atoms with Gasteiger partial charge in [-0.25, -0.2) is 0 Å². The van der Waals surface area contributed by atoms with Crippen molar-refractivity contribution in [2.45, 2.75) is 30.6 Å². The third-order valence-electron chi connectivity index (χ3n) is 3.80. The number of hydrogen-bond acceptors (Lipinski definition) is 8. The topological polar surface area (TPSA) is 128 Å². The number of nitrogens with zero attached hydrogens (tertiary/aromatic N) is 4. The fourth-order valence-electron chi connectivity index (χ4n) is 2.67. The number of aliphatic imine (C=N–C) groups is 3. The van der Waals surface area contributed by atoms with Crippen LogP contribution in [0.5, 0.6) is 0 Å². The molecule has 10 nitrogen and oxygen atoms in total. The normalized spacial score (nSPS) is 39.2. The highest BCUT2D eigenvalue weighted by molar-refractivity contribution is 6.23. The molecular weight excluding hydrogens is 294 g/mol. The van der Waals surface area contributed by atoms with Gasteiger partial charge in [0.1, 0.15) is 18.3 Å². The molecule has 0 aromatic heterocycles. The van der Waals surface area contributed by atoms with Gasteiger partial charge in [0.2, 0.25) is 5.96 Å². The number of hydrogen-bond donors (Lipinski definition) is 3. The number of nitrogens with one attached hydrogen (secondary N) is 1. The van der Waals surface area contributed by atoms with Crippen LogP contribution < -0.4 is 5.32 Å². The number of amidine groups is 1. The summed E-state index contributed by atoms with van der Waals surface area (Å²) in [5.41, 5.74) is 0. The van der Waals surface area contributed by atoms with Gasteiger partial charge in [0, 0.05) is 14.2 Å². The highest BCUT2D eigenvalue weighted by Crippen LogP contribution is 2.28. The Kier molecular flexibility index (Phi) is 3.91. The zero-order valence-corrected chi connectivity index (χ0v) is 12.1. The summed E-state index contributed by atoms with van der Waals surface area (Å²) in [6, 6.07) is -0.781. The standard InChI is InChI=1S/C12H17N5O5/c1-13-12-15-9-6(10(20)16-12)14-4-17(9)11-8(21-2)7(19)5(3-18)22-11/h4-8,11,18-19H,3H2,1-2H3,(H,13,16,20). The summed E-state index contributed by atoms with van der Waals surface area (Å²) in [7, 11) is 2.94. The molecule has 0 spiro atoms. The Morgan fingerprint density at radius 3 is 3.00 bits per heavy atom. The number of methoxy groups -OCH3 is 1. The van der Waals surface area contributed by atoms with Gasteiger partial charge >= 0.3 is 0 Å². The van der Waals surface area contributed by atoms with Gasteiger partial charge in [-0.05, 0) is 0 Å². The maximum atomic E-state index is 12.0. The van der Waals surface area contributed by atoms with Gasteiger partial charge in [-0.3, -0.25) is 25.0 Å². The minimum Gasteiger partial charge on any atom is -0.394 e. The number of rotatable bonds is 3. The average Bonchev–Trinajstić information content (AvgIpc) is 3.07. The van der Waals surface area contributed by atoms with Crippen molar-refractivity contribution in [2.75, 3.05) is 20.8 Å². The van der Waals surface area contributed by atoms with Crippen LogP contribution in [0.3, 0.4) is 0 Å². The van der Waals surface area contributed by atoms with E-state index in [0.29, 0.717) is 5.84 Å². The Hall–Kier alpha value is -1.88. The van der Waals surface area contributed by atoms with Crippen LogP contribution in [0.1, 0.15) is 0 Å². The molecule has 3 heterocycles. The predicted molar refractivity (Wildman–Crippen MR) is 75.6 cm³/mol. The van der Waals surface area contributed by atoms with E-state index in [9.17, 15) is 15.0 Å². The van der Waals surface area contributed by atoms with Crippen LogP contribution in [0.4, 0.5) is 0 Å². The molecule has 1 saturated heterocycles. The van der Waals surface area contributed by atoms with E-state index in [0.717, 1.165) is 0 Å². The highest BCUT2D eigenvalue weighted by Gasteiger charge is 2.50. The first kappa shape index (κ1) is 15.0. The first-order valence-electron chi connectivity index (χ1n) is 6.75. The molecule has 3 N–H and O–H groups in total. The van der Waals surface area contributed by atoms with Gasteiger partial charge in [-0.2, -0.15) is 4.99 Å². The quantitative estimate of drug-likeness (QED) is 0.520. The number of aliphatic hydroxyl groups excluding tert-OH is 2. The van der Waals surface area contributed by atoms with Gasteiger partial charge < -0.3 is 19.7 Å². The van der Waals surface area contributed by atoms with Crippen molar-refractivity contribution in [3.63, 3.8) is 0 Å². The lowest BCUT2D eigenvalue weighted by molar-refractivity contribution is -0.119. The SMILES string of the molecule is CN=C1N=C2C(N=CN2C2OC(CO)C(O)C2OC)C(=O)N1. The van der Waals surface area contributed by atoms with Crippen LogP contribution in [-0.2, 0) is 14.3 Å². The molecule has 0 bridgehead atoms. The molecule has 5 unspecified atom stereocenters. The molecule has 5 atom stereocenters. The fraction of sp³-hybridized carbons (Fsp3) is 0.667. The molecule has 22 heavy (non-hydrogen) atoms. The zero-order chi connectivity index (χ0) is 15.9. The maximum Gasteiger partial charge on any atom is 0.259 e. The summed E-state index contributed by atoms with van der Waals surface area (Å²) in [6.45, 7) is -0.347. The minimum atomic E-state index is -0.996. The molecule has 1 fully saturated rings. The molecule has 3 aliphatic heterocycles. The Bertz CT molecular complexity index is 562.